The molecule has 0 heterocycles. The molecule has 0 radical (unpaired) electrons. The van der Waals surface area contributed by atoms with E-state index in [0.717, 1.165) is 25.7 Å². The van der Waals surface area contributed by atoms with Crippen LogP contribution in [-0.4, -0.2) is 40.5 Å². The van der Waals surface area contributed by atoms with E-state index in [-0.39, 0.29) is 0 Å². The number of methoxy groups -OCH3 is 1. The average Bonchev–Trinajstić information content (AvgIpc) is 3.07. The third-order valence-corrected chi connectivity index (χ3v) is 3.61. The van der Waals surface area contributed by atoms with Gasteiger partial charge in [-0.05, 0) is 44.1 Å². The Morgan fingerprint density at radius 1 is 1.25 bits per heavy atom. The van der Waals surface area contributed by atoms with Crippen LogP contribution >= 0.6 is 0 Å². The van der Waals surface area contributed by atoms with Crippen LogP contribution in [-0.2, 0) is 9.47 Å². The van der Waals surface area contributed by atoms with E-state index >= 15 is 0 Å². The second kappa shape index (κ2) is 7.25. The molecule has 1 atom stereocenters. The molecule has 3 heteroatoms. The summed E-state index contributed by atoms with van der Waals surface area (Å²) < 4.78 is 10.4. The number of hydrogen-bond acceptors (Lipinski definition) is 3. The zero-order valence-electron chi connectivity index (χ0n) is 11.1. The van der Waals surface area contributed by atoms with Gasteiger partial charge >= 0.3 is 0 Å². The first kappa shape index (κ1) is 13.9. The maximum atomic E-state index is 5.50. The molecular formula is C13H27NO2. The van der Waals surface area contributed by atoms with Gasteiger partial charge in [-0.1, -0.05) is 6.92 Å². The number of nitrogens with one attached hydrogen (secondary N) is 1. The van der Waals surface area contributed by atoms with Crippen molar-refractivity contribution in [3.05, 3.63) is 0 Å². The van der Waals surface area contributed by atoms with Gasteiger partial charge in [0.15, 0.2) is 0 Å². The Morgan fingerprint density at radius 2 is 2.00 bits per heavy atom. The first-order chi connectivity index (χ1) is 7.73. The molecule has 1 unspecified atom stereocenters. The summed E-state index contributed by atoms with van der Waals surface area (Å²) >= 11 is 0. The van der Waals surface area contributed by atoms with Gasteiger partial charge in [0.1, 0.15) is 0 Å². The third-order valence-electron chi connectivity index (χ3n) is 3.61. The van der Waals surface area contributed by atoms with E-state index in [2.05, 4.69) is 19.3 Å². The summed E-state index contributed by atoms with van der Waals surface area (Å²) in [5.41, 5.74) is 0.485. The number of rotatable bonds is 10. The maximum absolute atomic E-state index is 5.50. The van der Waals surface area contributed by atoms with Crippen LogP contribution in [0.15, 0.2) is 0 Å². The summed E-state index contributed by atoms with van der Waals surface area (Å²) in [7, 11) is 3.76. The molecule has 0 bridgehead atoms. The van der Waals surface area contributed by atoms with Crippen molar-refractivity contribution in [1.82, 2.24) is 5.32 Å². The third kappa shape index (κ3) is 4.81. The van der Waals surface area contributed by atoms with Crippen LogP contribution in [0.3, 0.4) is 0 Å². The van der Waals surface area contributed by atoms with Gasteiger partial charge in [0.25, 0.3) is 0 Å². The largest absolute Gasteiger partial charge is 0.382 e. The monoisotopic (exact) mass is 229 g/mol. The number of ether oxygens (including phenoxy) is 2. The Kier molecular flexibility index (Phi) is 6.32. The summed E-state index contributed by atoms with van der Waals surface area (Å²) in [6, 6.07) is 0. The molecule has 96 valence electrons. The molecule has 0 aliphatic heterocycles. The molecule has 0 aromatic heterocycles. The van der Waals surface area contributed by atoms with Crippen molar-refractivity contribution in [3.8, 4) is 0 Å². The summed E-state index contributed by atoms with van der Waals surface area (Å²) in [6.07, 6.45) is 5.27. The lowest BCUT2D eigenvalue weighted by Crippen LogP contribution is -2.32. The van der Waals surface area contributed by atoms with E-state index in [4.69, 9.17) is 9.47 Å². The molecule has 1 rings (SSSR count). The predicted octanol–water partition coefficient (Wildman–Crippen LogP) is 2.07. The Balaban J connectivity index is 2.08. The summed E-state index contributed by atoms with van der Waals surface area (Å²) in [6.45, 7) is 5.85. The van der Waals surface area contributed by atoms with Gasteiger partial charge in [0.2, 0.25) is 0 Å². The summed E-state index contributed by atoms with van der Waals surface area (Å²) in [5, 5.41) is 3.33. The van der Waals surface area contributed by atoms with E-state index in [0.29, 0.717) is 12.0 Å². The van der Waals surface area contributed by atoms with Crippen molar-refractivity contribution in [2.24, 2.45) is 11.3 Å². The molecule has 1 saturated carbocycles. The van der Waals surface area contributed by atoms with Gasteiger partial charge in [0.05, 0.1) is 13.2 Å². The smallest absolute Gasteiger partial charge is 0.0700 e. The Morgan fingerprint density at radius 3 is 2.56 bits per heavy atom. The molecule has 0 aromatic carbocycles. The molecule has 1 aliphatic rings. The van der Waals surface area contributed by atoms with E-state index in [1.165, 1.54) is 25.7 Å². The van der Waals surface area contributed by atoms with Crippen molar-refractivity contribution in [2.45, 2.75) is 32.6 Å². The minimum absolute atomic E-state index is 0.485. The van der Waals surface area contributed by atoms with Gasteiger partial charge in [-0.3, -0.25) is 0 Å². The van der Waals surface area contributed by atoms with Crippen molar-refractivity contribution < 1.29 is 9.47 Å². The highest BCUT2D eigenvalue weighted by Crippen LogP contribution is 2.47. The fourth-order valence-corrected chi connectivity index (χ4v) is 2.44. The highest BCUT2D eigenvalue weighted by Gasteiger charge is 2.40. The Hall–Kier alpha value is -0.120. The summed E-state index contributed by atoms with van der Waals surface area (Å²) in [4.78, 5) is 0. The first-order valence-corrected chi connectivity index (χ1v) is 6.44. The summed E-state index contributed by atoms with van der Waals surface area (Å²) in [5.74, 6) is 0.943. The zero-order valence-corrected chi connectivity index (χ0v) is 11.1. The topological polar surface area (TPSA) is 30.5 Å². The molecule has 0 spiro atoms. The van der Waals surface area contributed by atoms with Crippen LogP contribution < -0.4 is 5.32 Å². The van der Waals surface area contributed by atoms with Crippen molar-refractivity contribution in [1.29, 1.82) is 0 Å². The van der Waals surface area contributed by atoms with Crippen LogP contribution in [0.5, 0.6) is 0 Å². The zero-order chi connectivity index (χ0) is 11.9. The van der Waals surface area contributed by atoms with Crippen molar-refractivity contribution in [2.75, 3.05) is 40.5 Å². The molecule has 16 heavy (non-hydrogen) atoms. The highest BCUT2D eigenvalue weighted by atomic mass is 16.5. The lowest BCUT2D eigenvalue weighted by Gasteiger charge is -2.29. The van der Waals surface area contributed by atoms with Gasteiger partial charge < -0.3 is 14.8 Å². The fraction of sp³-hybridized carbons (Fsp3) is 1.00. The van der Waals surface area contributed by atoms with E-state index in [1.54, 1.807) is 7.11 Å². The highest BCUT2D eigenvalue weighted by molar-refractivity contribution is 4.92. The SMILES string of the molecule is CNCC(C)(CCCOCCOC)C1CC1. The van der Waals surface area contributed by atoms with E-state index in [1.807, 2.05) is 0 Å². The Bertz CT molecular complexity index is 183. The van der Waals surface area contributed by atoms with Gasteiger partial charge in [-0.25, -0.2) is 0 Å². The minimum atomic E-state index is 0.485. The van der Waals surface area contributed by atoms with Gasteiger partial charge in [-0.2, -0.15) is 0 Å². The normalized spacial score (nSPS) is 19.7. The number of hydrogen-bond donors (Lipinski definition) is 1. The molecular weight excluding hydrogens is 202 g/mol. The van der Waals surface area contributed by atoms with Gasteiger partial charge in [0, 0.05) is 20.3 Å². The molecule has 1 fully saturated rings. The molecule has 0 saturated heterocycles. The van der Waals surface area contributed by atoms with Crippen molar-refractivity contribution >= 4 is 0 Å². The van der Waals surface area contributed by atoms with Crippen LogP contribution in [0.25, 0.3) is 0 Å². The fourth-order valence-electron chi connectivity index (χ4n) is 2.44. The quantitative estimate of drug-likeness (QED) is 0.582. The van der Waals surface area contributed by atoms with Crippen LogP contribution in [0.2, 0.25) is 0 Å². The first-order valence-electron chi connectivity index (χ1n) is 6.44. The predicted molar refractivity (Wildman–Crippen MR) is 66.7 cm³/mol. The van der Waals surface area contributed by atoms with E-state index in [9.17, 15) is 0 Å². The standard InChI is InChI=1S/C13H27NO2/c1-13(11-14-2,12-5-6-12)7-4-8-16-10-9-15-3/h12,14H,4-11H2,1-3H3. The molecule has 0 amide bonds. The lowest BCUT2D eigenvalue weighted by atomic mass is 9.80. The average molecular weight is 229 g/mol. The minimum Gasteiger partial charge on any atom is -0.382 e. The maximum Gasteiger partial charge on any atom is 0.0700 e. The van der Waals surface area contributed by atoms with Crippen molar-refractivity contribution in [3.63, 3.8) is 0 Å². The van der Waals surface area contributed by atoms with Crippen LogP contribution in [0.1, 0.15) is 32.6 Å². The second-order valence-electron chi connectivity index (χ2n) is 5.17. The molecule has 0 aromatic rings. The molecule has 3 nitrogen and oxygen atoms in total. The van der Waals surface area contributed by atoms with Crippen LogP contribution in [0.4, 0.5) is 0 Å². The van der Waals surface area contributed by atoms with Gasteiger partial charge in [-0.15, -0.1) is 0 Å². The lowest BCUT2D eigenvalue weighted by molar-refractivity contribution is 0.0628. The van der Waals surface area contributed by atoms with E-state index < -0.39 is 0 Å². The Labute approximate surface area is 99.9 Å². The second-order valence-corrected chi connectivity index (χ2v) is 5.17. The van der Waals surface area contributed by atoms with Crippen LogP contribution in [0, 0.1) is 11.3 Å². The molecule has 1 N–H and O–H groups in total. The molecule has 1 aliphatic carbocycles.